The highest BCUT2D eigenvalue weighted by Gasteiger charge is 2.39. The zero-order valence-corrected chi connectivity index (χ0v) is 34.9. The van der Waals surface area contributed by atoms with Gasteiger partial charge in [0.25, 0.3) is 11.8 Å². The Morgan fingerprint density at radius 1 is 0.578 bits per heavy atom. The topological polar surface area (TPSA) is 175 Å². The highest BCUT2D eigenvalue weighted by molar-refractivity contribution is 5.89. The van der Waals surface area contributed by atoms with Gasteiger partial charge < -0.3 is 39.9 Å². The lowest BCUT2D eigenvalue weighted by Crippen LogP contribution is -2.42. The van der Waals surface area contributed by atoms with E-state index in [0.29, 0.717) is 48.7 Å². The second-order valence-electron chi connectivity index (χ2n) is 15.9. The fourth-order valence-corrected chi connectivity index (χ4v) is 8.79. The number of halogens is 2. The first-order chi connectivity index (χ1) is 31.1. The molecule has 4 heterocycles. The summed E-state index contributed by atoms with van der Waals surface area (Å²) in [6.07, 6.45) is 1.29. The first-order valence-electron chi connectivity index (χ1n) is 21.0. The second-order valence-corrected chi connectivity index (χ2v) is 15.9. The van der Waals surface area contributed by atoms with Gasteiger partial charge in [0.15, 0.2) is 0 Å². The minimum atomic E-state index is -1.07. The van der Waals surface area contributed by atoms with E-state index in [1.54, 1.807) is 9.80 Å². The molecule has 14 nitrogen and oxygen atoms in total. The maximum atomic E-state index is 14.0. The van der Waals surface area contributed by atoms with Gasteiger partial charge in [-0.3, -0.25) is 9.59 Å². The molecule has 0 aliphatic carbocycles. The Balaban J connectivity index is 0.909. The van der Waals surface area contributed by atoms with E-state index in [1.165, 1.54) is 62.8 Å². The van der Waals surface area contributed by atoms with Crippen molar-refractivity contribution in [2.45, 2.75) is 49.9 Å². The summed E-state index contributed by atoms with van der Waals surface area (Å²) in [5.41, 5.74) is 7.93. The molecule has 0 spiro atoms. The van der Waals surface area contributed by atoms with Crippen molar-refractivity contribution < 1.29 is 37.4 Å². The zero-order chi connectivity index (χ0) is 44.5. The number of nitrogens with zero attached hydrogens (tertiary/aromatic N) is 4. The molecule has 7 aromatic rings. The van der Waals surface area contributed by atoms with Crippen LogP contribution in [0.15, 0.2) is 109 Å². The number of methoxy groups -OCH3 is 2. The van der Waals surface area contributed by atoms with Crippen molar-refractivity contribution in [1.29, 1.82) is 0 Å². The van der Waals surface area contributed by atoms with Gasteiger partial charge in [-0.15, -0.1) is 0 Å². The number of carbonyl (C=O) groups is 4. The van der Waals surface area contributed by atoms with E-state index in [9.17, 15) is 28.0 Å². The van der Waals surface area contributed by atoms with Crippen molar-refractivity contribution in [3.05, 3.63) is 144 Å². The largest absolute Gasteiger partial charge is 0.453 e. The average Bonchev–Trinajstić information content (AvgIpc) is 4.16. The molecule has 4 amide bonds. The van der Waals surface area contributed by atoms with Crippen LogP contribution >= 0.6 is 0 Å². The predicted molar refractivity (Wildman–Crippen MR) is 233 cm³/mol. The van der Waals surface area contributed by atoms with Crippen LogP contribution in [0.3, 0.4) is 0 Å². The zero-order valence-electron chi connectivity index (χ0n) is 34.9. The van der Waals surface area contributed by atoms with Crippen LogP contribution in [0.25, 0.3) is 44.3 Å². The van der Waals surface area contributed by atoms with Crippen molar-refractivity contribution >= 4 is 46.1 Å². The highest BCUT2D eigenvalue weighted by Crippen LogP contribution is 2.37. The smallest absolute Gasteiger partial charge is 0.407 e. The van der Waals surface area contributed by atoms with Gasteiger partial charge >= 0.3 is 12.2 Å². The predicted octanol–water partition coefficient (Wildman–Crippen LogP) is 8.57. The standard InChI is InChI=1S/C48H44F2N8O6/c1-63-47(61)55-41(29-11-17-33(49)18-12-29)45(59)57-23-3-5-39(57)43-51-35-21-15-31(25-37(35)53-43)27-7-9-28(10-8-27)32-16-22-36-38(26-32)54-44(52-36)40-6-4-24-58(40)46(60)42(56-48(62)64-2)30-13-19-34(50)20-14-30/h7-22,25-26,39-42H,3-6,23-24H2,1-2H3,(H,51,53)(H,52,54)(H,55,61)(H,56,62)/t39-,40-,41-,42-/m0/s1. The average molecular weight is 867 g/mol. The van der Waals surface area contributed by atoms with Gasteiger partial charge in [0, 0.05) is 13.1 Å². The third-order valence-corrected chi connectivity index (χ3v) is 12.1. The number of ether oxygens (including phenoxy) is 2. The first kappa shape index (κ1) is 41.7. The molecule has 64 heavy (non-hydrogen) atoms. The number of hydrogen-bond donors (Lipinski definition) is 4. The molecule has 326 valence electrons. The van der Waals surface area contributed by atoms with Gasteiger partial charge in [0.2, 0.25) is 0 Å². The van der Waals surface area contributed by atoms with E-state index >= 15 is 0 Å². The van der Waals surface area contributed by atoms with Crippen molar-refractivity contribution in [2.75, 3.05) is 27.3 Å². The van der Waals surface area contributed by atoms with Crippen LogP contribution in [0.4, 0.5) is 18.4 Å². The SMILES string of the molecule is COC(=O)N[C@H](C(=O)N1CCC[C@H]1c1nc2ccc(-c3ccc(-c4ccc5nc([C@@H]6CCCN6C(=O)[C@@H](NC(=O)OC)c6ccc(F)cc6)[nH]c5c4)cc3)cc2[nH]1)c1ccc(F)cc1. The number of fused-ring (bicyclic) bond motifs is 2. The Hall–Kier alpha value is -7.62. The summed E-state index contributed by atoms with van der Waals surface area (Å²) in [6, 6.07) is 28.2. The number of likely N-dealkylation sites (tertiary alicyclic amines) is 2. The van der Waals surface area contributed by atoms with Gasteiger partial charge in [-0.1, -0.05) is 60.7 Å². The number of rotatable bonds is 10. The number of imidazole rings is 2. The van der Waals surface area contributed by atoms with Crippen molar-refractivity contribution in [3.63, 3.8) is 0 Å². The highest BCUT2D eigenvalue weighted by atomic mass is 19.1. The molecular weight excluding hydrogens is 823 g/mol. The van der Waals surface area contributed by atoms with Crippen LogP contribution in [0.5, 0.6) is 0 Å². The molecular formula is C48H44F2N8O6. The summed E-state index contributed by atoms with van der Waals surface area (Å²) < 4.78 is 37.1. The molecule has 2 aliphatic rings. The van der Waals surface area contributed by atoms with Crippen molar-refractivity contribution in [3.8, 4) is 22.3 Å². The van der Waals surface area contributed by atoms with E-state index in [4.69, 9.17) is 19.4 Å². The molecule has 4 N–H and O–H groups in total. The molecule has 0 saturated carbocycles. The number of H-pyrrole nitrogens is 2. The summed E-state index contributed by atoms with van der Waals surface area (Å²) in [5.74, 6) is -0.317. The third-order valence-electron chi connectivity index (χ3n) is 12.1. The summed E-state index contributed by atoms with van der Waals surface area (Å²) in [4.78, 5) is 72.5. The quantitative estimate of drug-likeness (QED) is 0.106. The fraction of sp³-hybridized carbons (Fsp3) is 0.250. The van der Waals surface area contributed by atoms with E-state index in [-0.39, 0.29) is 23.9 Å². The molecule has 5 aromatic carbocycles. The Morgan fingerprint density at radius 2 is 0.953 bits per heavy atom. The number of amides is 4. The summed E-state index contributed by atoms with van der Waals surface area (Å²) in [5, 5.41) is 5.23. The van der Waals surface area contributed by atoms with E-state index in [0.717, 1.165) is 57.2 Å². The van der Waals surface area contributed by atoms with Crippen LogP contribution in [0.2, 0.25) is 0 Å². The summed E-state index contributed by atoms with van der Waals surface area (Å²) >= 11 is 0. The van der Waals surface area contributed by atoms with Crippen LogP contribution in [-0.4, -0.2) is 81.0 Å². The maximum Gasteiger partial charge on any atom is 0.407 e. The van der Waals surface area contributed by atoms with Crippen LogP contribution in [0, 0.1) is 11.6 Å². The molecule has 9 rings (SSSR count). The van der Waals surface area contributed by atoms with E-state index in [2.05, 4.69) is 44.9 Å². The first-order valence-corrected chi connectivity index (χ1v) is 21.0. The normalized spacial score (nSPS) is 17.1. The lowest BCUT2D eigenvalue weighted by molar-refractivity contribution is -0.135. The molecule has 4 atom stereocenters. The number of nitrogens with one attached hydrogen (secondary N) is 4. The minimum absolute atomic E-state index is 0.343. The van der Waals surface area contributed by atoms with Gasteiger partial charge in [0.1, 0.15) is 35.4 Å². The monoisotopic (exact) mass is 866 g/mol. The van der Waals surface area contributed by atoms with Crippen molar-refractivity contribution in [1.82, 2.24) is 40.4 Å². The van der Waals surface area contributed by atoms with Crippen LogP contribution in [-0.2, 0) is 19.1 Å². The van der Waals surface area contributed by atoms with E-state index < -0.39 is 35.9 Å². The van der Waals surface area contributed by atoms with Crippen LogP contribution in [0.1, 0.15) is 72.6 Å². The lowest BCUT2D eigenvalue weighted by atomic mass is 10.00. The molecule has 0 unspecified atom stereocenters. The van der Waals surface area contributed by atoms with Gasteiger partial charge in [-0.2, -0.15) is 0 Å². The Kier molecular flexibility index (Phi) is 11.5. The van der Waals surface area contributed by atoms with Crippen molar-refractivity contribution in [2.24, 2.45) is 0 Å². The number of alkyl carbamates (subject to hydrolysis) is 2. The maximum absolute atomic E-state index is 14.0. The number of carbonyl (C=O) groups excluding carboxylic acids is 4. The van der Waals surface area contributed by atoms with E-state index in [1.807, 2.05) is 36.4 Å². The summed E-state index contributed by atoms with van der Waals surface area (Å²) in [6.45, 7) is 0.927. The van der Waals surface area contributed by atoms with Gasteiger partial charge in [0.05, 0.1) is 48.4 Å². The Labute approximate surface area is 366 Å². The molecule has 2 saturated heterocycles. The second kappa shape index (κ2) is 17.6. The summed E-state index contributed by atoms with van der Waals surface area (Å²) in [7, 11) is 2.44. The van der Waals surface area contributed by atoms with Crippen LogP contribution < -0.4 is 10.6 Å². The number of benzene rings is 5. The molecule has 2 aromatic heterocycles. The molecule has 2 aliphatic heterocycles. The molecule has 0 bridgehead atoms. The molecule has 16 heteroatoms. The minimum Gasteiger partial charge on any atom is -0.453 e. The lowest BCUT2D eigenvalue weighted by Gasteiger charge is -2.28. The molecule has 0 radical (unpaired) electrons. The number of hydrogen-bond acceptors (Lipinski definition) is 8. The molecule has 2 fully saturated rings. The Morgan fingerprint density at radius 3 is 1.33 bits per heavy atom. The van der Waals surface area contributed by atoms with Gasteiger partial charge in [-0.25, -0.2) is 28.3 Å². The number of aromatic amines is 2. The number of aromatic nitrogens is 4. The third kappa shape index (κ3) is 8.33. The van der Waals surface area contributed by atoms with Gasteiger partial charge in [-0.05, 0) is 108 Å². The fourth-order valence-electron chi connectivity index (χ4n) is 8.79. The Bertz CT molecular complexity index is 2670.